The molecule has 1 aromatic rings. The molecule has 7 nitrogen and oxygen atoms in total. The van der Waals surface area contributed by atoms with Gasteiger partial charge in [0.05, 0.1) is 23.7 Å². The second-order valence-electron chi connectivity index (χ2n) is 7.30. The highest BCUT2D eigenvalue weighted by molar-refractivity contribution is 7.91. The molecule has 0 saturated carbocycles. The monoisotopic (exact) mass is 383 g/mol. The fourth-order valence-corrected chi connectivity index (χ4v) is 4.77. The summed E-state index contributed by atoms with van der Waals surface area (Å²) >= 11 is 0. The lowest BCUT2D eigenvalue weighted by Gasteiger charge is -2.22. The highest BCUT2D eigenvalue weighted by Gasteiger charge is 2.37. The van der Waals surface area contributed by atoms with Crippen molar-refractivity contribution >= 4 is 21.8 Å². The quantitative estimate of drug-likeness (QED) is 0.772. The molecule has 144 valence electrons. The SMILES string of the molecule is CCOC(=O)CC1CS(=O)(=O)c2ccc(C(N)C(=O)OC(C)(C)C)cc21. The predicted octanol–water partition coefficient (Wildman–Crippen LogP) is 1.85. The Balaban J connectivity index is 2.32. The van der Waals surface area contributed by atoms with Crippen LogP contribution in [0.25, 0.3) is 0 Å². The molecule has 1 heterocycles. The Morgan fingerprint density at radius 1 is 1.31 bits per heavy atom. The molecule has 2 rings (SSSR count). The van der Waals surface area contributed by atoms with Crippen LogP contribution >= 0.6 is 0 Å². The lowest BCUT2D eigenvalue weighted by atomic mass is 9.94. The lowest BCUT2D eigenvalue weighted by molar-refractivity contribution is -0.156. The molecule has 1 aromatic carbocycles. The van der Waals surface area contributed by atoms with Gasteiger partial charge >= 0.3 is 11.9 Å². The third-order valence-electron chi connectivity index (χ3n) is 3.97. The number of ether oxygens (including phenoxy) is 2. The summed E-state index contributed by atoms with van der Waals surface area (Å²) in [6.07, 6.45) is -0.0365. The number of carbonyl (C=O) groups is 2. The van der Waals surface area contributed by atoms with E-state index in [2.05, 4.69) is 0 Å². The molecule has 26 heavy (non-hydrogen) atoms. The Hall–Kier alpha value is -1.93. The van der Waals surface area contributed by atoms with E-state index in [1.165, 1.54) is 12.1 Å². The molecule has 8 heteroatoms. The summed E-state index contributed by atoms with van der Waals surface area (Å²) in [5, 5.41) is 0. The van der Waals surface area contributed by atoms with Gasteiger partial charge in [0.25, 0.3) is 0 Å². The normalized spacial score (nSPS) is 19.5. The van der Waals surface area contributed by atoms with Crippen LogP contribution in [0, 0.1) is 0 Å². The first-order valence-corrected chi connectivity index (χ1v) is 10.1. The Morgan fingerprint density at radius 3 is 2.54 bits per heavy atom. The van der Waals surface area contributed by atoms with Crippen LogP contribution in [0.5, 0.6) is 0 Å². The molecule has 1 aliphatic rings. The lowest BCUT2D eigenvalue weighted by Crippen LogP contribution is -2.31. The van der Waals surface area contributed by atoms with Crippen LogP contribution in [0.15, 0.2) is 23.1 Å². The van der Waals surface area contributed by atoms with Gasteiger partial charge in [0.1, 0.15) is 11.6 Å². The van der Waals surface area contributed by atoms with E-state index in [1.54, 1.807) is 33.8 Å². The average molecular weight is 383 g/mol. The molecule has 0 aromatic heterocycles. The number of rotatable bonds is 5. The zero-order chi connectivity index (χ0) is 19.7. The van der Waals surface area contributed by atoms with E-state index < -0.39 is 39.3 Å². The number of nitrogens with two attached hydrogens (primary N) is 1. The highest BCUT2D eigenvalue weighted by Crippen LogP contribution is 2.38. The van der Waals surface area contributed by atoms with Crippen molar-refractivity contribution in [3.63, 3.8) is 0 Å². The predicted molar refractivity (Wildman–Crippen MR) is 95.3 cm³/mol. The summed E-state index contributed by atoms with van der Waals surface area (Å²) in [7, 11) is -3.47. The molecule has 2 atom stereocenters. The van der Waals surface area contributed by atoms with Crippen LogP contribution in [0.4, 0.5) is 0 Å². The molecule has 0 amide bonds. The van der Waals surface area contributed by atoms with Gasteiger partial charge in [0, 0.05) is 5.92 Å². The second kappa shape index (κ2) is 7.36. The molecule has 0 spiro atoms. The zero-order valence-corrected chi connectivity index (χ0v) is 16.3. The van der Waals surface area contributed by atoms with Gasteiger partial charge in [-0.25, -0.2) is 13.2 Å². The van der Waals surface area contributed by atoms with E-state index in [-0.39, 0.29) is 23.7 Å². The average Bonchev–Trinajstić information content (AvgIpc) is 2.75. The Kier molecular flexibility index (Phi) is 5.77. The fraction of sp³-hybridized carbons (Fsp3) is 0.556. The van der Waals surface area contributed by atoms with Crippen molar-refractivity contribution in [3.05, 3.63) is 29.3 Å². The van der Waals surface area contributed by atoms with Crippen molar-refractivity contribution in [2.24, 2.45) is 5.73 Å². The van der Waals surface area contributed by atoms with Crippen LogP contribution in [-0.4, -0.2) is 38.3 Å². The zero-order valence-electron chi connectivity index (χ0n) is 15.4. The van der Waals surface area contributed by atoms with Crippen molar-refractivity contribution in [3.8, 4) is 0 Å². The molecule has 1 aliphatic heterocycles. The van der Waals surface area contributed by atoms with Crippen molar-refractivity contribution < 1.29 is 27.5 Å². The number of fused-ring (bicyclic) bond motifs is 1. The maximum absolute atomic E-state index is 12.3. The fourth-order valence-electron chi connectivity index (χ4n) is 2.90. The van der Waals surface area contributed by atoms with Gasteiger partial charge in [-0.15, -0.1) is 0 Å². The van der Waals surface area contributed by atoms with Crippen molar-refractivity contribution in [2.75, 3.05) is 12.4 Å². The molecule has 2 N–H and O–H groups in total. The Bertz CT molecular complexity index is 809. The molecule has 2 unspecified atom stereocenters. The number of carbonyl (C=O) groups excluding carboxylic acids is 2. The molecular weight excluding hydrogens is 358 g/mol. The number of esters is 2. The van der Waals surface area contributed by atoms with Crippen molar-refractivity contribution in [1.82, 2.24) is 0 Å². The Labute approximate surface area is 153 Å². The van der Waals surface area contributed by atoms with Gasteiger partial charge < -0.3 is 15.2 Å². The first kappa shape index (κ1) is 20.4. The van der Waals surface area contributed by atoms with Crippen LogP contribution < -0.4 is 5.73 Å². The summed E-state index contributed by atoms with van der Waals surface area (Å²) in [5.41, 5.74) is 6.25. The van der Waals surface area contributed by atoms with Gasteiger partial charge in [-0.1, -0.05) is 12.1 Å². The summed E-state index contributed by atoms with van der Waals surface area (Å²) in [4.78, 5) is 24.2. The molecule has 0 radical (unpaired) electrons. The van der Waals surface area contributed by atoms with Gasteiger partial charge in [0.15, 0.2) is 9.84 Å². The molecule has 0 aliphatic carbocycles. The number of hydrogen-bond donors (Lipinski definition) is 1. The minimum absolute atomic E-state index is 0.0365. The third-order valence-corrected chi connectivity index (χ3v) is 5.85. The van der Waals surface area contributed by atoms with E-state index >= 15 is 0 Å². The Morgan fingerprint density at radius 2 is 1.96 bits per heavy atom. The largest absolute Gasteiger partial charge is 0.466 e. The summed E-state index contributed by atoms with van der Waals surface area (Å²) < 4.78 is 34.9. The maximum Gasteiger partial charge on any atom is 0.328 e. The summed E-state index contributed by atoms with van der Waals surface area (Å²) in [5.74, 6) is -1.73. The topological polar surface area (TPSA) is 113 Å². The van der Waals surface area contributed by atoms with Crippen LogP contribution in [0.3, 0.4) is 0 Å². The number of hydrogen-bond acceptors (Lipinski definition) is 7. The molecular formula is C18H25NO6S. The van der Waals surface area contributed by atoms with Gasteiger partial charge in [0.2, 0.25) is 0 Å². The van der Waals surface area contributed by atoms with Crippen LogP contribution in [0.2, 0.25) is 0 Å². The number of sulfone groups is 1. The first-order chi connectivity index (χ1) is 11.9. The standard InChI is InChI=1S/C18H25NO6S/c1-5-24-15(20)9-12-10-26(22,23)14-7-6-11(8-13(12)14)16(19)17(21)25-18(2,3)4/h6-8,12,16H,5,9-10,19H2,1-4H3. The van der Waals surface area contributed by atoms with Gasteiger partial charge in [-0.3, -0.25) is 4.79 Å². The second-order valence-corrected chi connectivity index (χ2v) is 9.30. The van der Waals surface area contributed by atoms with Gasteiger partial charge in [-0.05, 0) is 44.9 Å². The minimum Gasteiger partial charge on any atom is -0.466 e. The number of benzene rings is 1. The maximum atomic E-state index is 12.3. The minimum atomic E-state index is -3.47. The smallest absolute Gasteiger partial charge is 0.328 e. The van der Waals surface area contributed by atoms with Crippen molar-refractivity contribution in [2.45, 2.75) is 56.6 Å². The van der Waals surface area contributed by atoms with Crippen molar-refractivity contribution in [1.29, 1.82) is 0 Å². The first-order valence-electron chi connectivity index (χ1n) is 8.45. The van der Waals surface area contributed by atoms with Crippen LogP contribution in [0.1, 0.15) is 57.2 Å². The van der Waals surface area contributed by atoms with E-state index in [0.717, 1.165) is 0 Å². The molecule has 0 saturated heterocycles. The van der Waals surface area contributed by atoms with E-state index in [1.807, 2.05) is 0 Å². The third kappa shape index (κ3) is 4.62. The summed E-state index contributed by atoms with van der Waals surface area (Å²) in [6, 6.07) is 3.50. The van der Waals surface area contributed by atoms with E-state index in [0.29, 0.717) is 11.1 Å². The van der Waals surface area contributed by atoms with E-state index in [4.69, 9.17) is 15.2 Å². The molecule has 0 bridgehead atoms. The van der Waals surface area contributed by atoms with E-state index in [9.17, 15) is 18.0 Å². The molecule has 0 fully saturated rings. The summed E-state index contributed by atoms with van der Waals surface area (Å²) in [6.45, 7) is 7.14. The highest BCUT2D eigenvalue weighted by atomic mass is 32.2. The van der Waals surface area contributed by atoms with Crippen LogP contribution in [-0.2, 0) is 28.9 Å². The van der Waals surface area contributed by atoms with Gasteiger partial charge in [-0.2, -0.15) is 0 Å².